The van der Waals surface area contributed by atoms with Crippen molar-refractivity contribution in [2.24, 2.45) is 0 Å². The highest BCUT2D eigenvalue weighted by atomic mass is 16.6. The topological polar surface area (TPSA) is 78.9 Å². The van der Waals surface area contributed by atoms with Gasteiger partial charge in [0.05, 0.1) is 0 Å². The molecule has 0 bridgehead atoms. The number of unbranched alkanes of at least 4 members (excludes halogenated alkanes) is 18. The van der Waals surface area contributed by atoms with Crippen LogP contribution < -0.4 is 0 Å². The zero-order valence-corrected chi connectivity index (χ0v) is 44.7. The lowest BCUT2D eigenvalue weighted by molar-refractivity contribution is -0.166. The van der Waals surface area contributed by atoms with E-state index >= 15 is 0 Å². The van der Waals surface area contributed by atoms with Crippen molar-refractivity contribution < 1.29 is 28.6 Å². The Morgan fingerprint density at radius 3 is 1.14 bits per heavy atom. The molecule has 392 valence electrons. The second-order valence-electron chi connectivity index (χ2n) is 17.9. The number of rotatable bonds is 48. The van der Waals surface area contributed by atoms with Crippen molar-refractivity contribution >= 4 is 17.9 Å². The van der Waals surface area contributed by atoms with Crippen LogP contribution in [0.25, 0.3) is 0 Å². The van der Waals surface area contributed by atoms with Gasteiger partial charge in [-0.2, -0.15) is 0 Å². The maximum absolute atomic E-state index is 12.8. The minimum atomic E-state index is -0.840. The molecule has 0 aromatic heterocycles. The Bertz CT molecular complexity index is 1580. The molecular weight excluding hydrogens is 865 g/mol. The molecule has 0 saturated carbocycles. The van der Waals surface area contributed by atoms with Crippen molar-refractivity contribution in [3.63, 3.8) is 0 Å². The quantitative estimate of drug-likeness (QED) is 0.0199. The summed E-state index contributed by atoms with van der Waals surface area (Å²) in [5.74, 6) is -1.07. The first kappa shape index (κ1) is 65.3. The predicted molar refractivity (Wildman–Crippen MR) is 302 cm³/mol. The van der Waals surface area contributed by atoms with Gasteiger partial charge in [-0.05, 0) is 96.3 Å². The van der Waals surface area contributed by atoms with Gasteiger partial charge in [-0.25, -0.2) is 0 Å². The number of hydrogen-bond acceptors (Lipinski definition) is 6. The van der Waals surface area contributed by atoms with Gasteiger partial charge in [0.15, 0.2) is 6.10 Å². The van der Waals surface area contributed by atoms with Gasteiger partial charge in [0.25, 0.3) is 0 Å². The van der Waals surface area contributed by atoms with Crippen LogP contribution in [0.2, 0.25) is 0 Å². The molecule has 0 radical (unpaired) electrons. The van der Waals surface area contributed by atoms with Crippen molar-refractivity contribution in [2.75, 3.05) is 13.2 Å². The first-order valence-corrected chi connectivity index (χ1v) is 27.9. The molecule has 0 aromatic rings. The third kappa shape index (κ3) is 54.2. The number of ether oxygens (including phenoxy) is 3. The fraction of sp³-hybridized carbons (Fsp3) is 0.578. The predicted octanol–water partition coefficient (Wildman–Crippen LogP) is 18.8. The van der Waals surface area contributed by atoms with E-state index in [0.717, 1.165) is 77.0 Å². The van der Waals surface area contributed by atoms with E-state index in [2.05, 4.69) is 93.7 Å². The summed E-state index contributed by atoms with van der Waals surface area (Å²) in [7, 11) is 0. The minimum Gasteiger partial charge on any atom is -0.462 e. The summed E-state index contributed by atoms with van der Waals surface area (Å²) in [6, 6.07) is 0. The average molecular weight is 965 g/mol. The van der Waals surface area contributed by atoms with E-state index in [1.54, 1.807) is 0 Å². The monoisotopic (exact) mass is 965 g/mol. The summed E-state index contributed by atoms with van der Waals surface area (Å²) in [6.07, 6.45) is 81.3. The molecule has 0 N–H and O–H groups in total. The van der Waals surface area contributed by atoms with Crippen LogP contribution >= 0.6 is 0 Å². The second kappa shape index (κ2) is 56.9. The van der Waals surface area contributed by atoms with E-state index in [4.69, 9.17) is 14.2 Å². The number of carbonyl (C=O) groups excluding carboxylic acids is 3. The number of esters is 3. The number of allylic oxidation sites excluding steroid dienone is 24. The van der Waals surface area contributed by atoms with Crippen LogP contribution in [0.4, 0.5) is 0 Å². The Morgan fingerprint density at radius 1 is 0.314 bits per heavy atom. The van der Waals surface area contributed by atoms with Crippen molar-refractivity contribution in [1.29, 1.82) is 0 Å². The molecule has 0 amide bonds. The van der Waals surface area contributed by atoms with Crippen LogP contribution in [0.3, 0.4) is 0 Å². The first-order chi connectivity index (χ1) is 34.5. The summed E-state index contributed by atoms with van der Waals surface area (Å²) >= 11 is 0. The largest absolute Gasteiger partial charge is 0.462 e. The highest BCUT2D eigenvalue weighted by Gasteiger charge is 2.19. The molecule has 0 saturated heterocycles. The van der Waals surface area contributed by atoms with E-state index in [1.807, 2.05) is 72.9 Å². The number of carbonyl (C=O) groups is 3. The lowest BCUT2D eigenvalue weighted by Gasteiger charge is -2.18. The summed E-state index contributed by atoms with van der Waals surface area (Å²) in [5.41, 5.74) is 0. The molecule has 0 aromatic carbocycles. The Hall–Kier alpha value is -4.71. The van der Waals surface area contributed by atoms with Gasteiger partial charge in [-0.1, -0.05) is 250 Å². The molecule has 0 rings (SSSR count). The van der Waals surface area contributed by atoms with Crippen LogP contribution in [-0.4, -0.2) is 37.2 Å². The maximum atomic E-state index is 12.8. The smallest absolute Gasteiger partial charge is 0.306 e. The van der Waals surface area contributed by atoms with Crippen LogP contribution in [0, 0.1) is 0 Å². The van der Waals surface area contributed by atoms with Crippen molar-refractivity contribution in [2.45, 2.75) is 226 Å². The molecule has 0 fully saturated rings. The van der Waals surface area contributed by atoms with Crippen molar-refractivity contribution in [3.05, 3.63) is 146 Å². The third-order valence-electron chi connectivity index (χ3n) is 11.2. The molecule has 6 heteroatoms. The van der Waals surface area contributed by atoms with Gasteiger partial charge in [0.2, 0.25) is 0 Å². The lowest BCUT2D eigenvalue weighted by atomic mass is 10.1. The Kier molecular flexibility index (Phi) is 53.0. The Labute approximate surface area is 429 Å². The van der Waals surface area contributed by atoms with Crippen LogP contribution in [0.1, 0.15) is 220 Å². The van der Waals surface area contributed by atoms with Gasteiger partial charge in [-0.3, -0.25) is 14.4 Å². The average Bonchev–Trinajstić information content (AvgIpc) is 3.36. The molecule has 1 unspecified atom stereocenters. The van der Waals surface area contributed by atoms with Crippen LogP contribution in [-0.2, 0) is 28.6 Å². The van der Waals surface area contributed by atoms with Gasteiger partial charge in [-0.15, -0.1) is 0 Å². The summed E-state index contributed by atoms with van der Waals surface area (Å²) in [5, 5.41) is 0. The van der Waals surface area contributed by atoms with Gasteiger partial charge in [0, 0.05) is 19.3 Å². The zero-order valence-electron chi connectivity index (χ0n) is 44.7. The highest BCUT2D eigenvalue weighted by Crippen LogP contribution is 2.13. The van der Waals surface area contributed by atoms with Crippen LogP contribution in [0.15, 0.2) is 146 Å². The fourth-order valence-corrected chi connectivity index (χ4v) is 7.10. The van der Waals surface area contributed by atoms with E-state index in [-0.39, 0.29) is 44.0 Å². The fourth-order valence-electron chi connectivity index (χ4n) is 7.10. The van der Waals surface area contributed by atoms with Gasteiger partial charge in [0.1, 0.15) is 13.2 Å². The summed E-state index contributed by atoms with van der Waals surface area (Å²) in [4.78, 5) is 38.1. The molecule has 0 aliphatic heterocycles. The standard InChI is InChI=1S/C64H100O6/c1-4-7-10-13-16-19-22-25-28-31-32-34-36-39-42-45-48-51-54-57-63(66)69-60-61(59-68-62(65)56-53-50-47-44-41-38-35-30-27-24-21-18-15-12-9-6-3)70-64(67)58-55-52-49-46-43-40-37-33-29-26-23-20-17-14-11-8-5-2/h8-9,11-12,14,17-18,20-21,23,26-27,29-33,37-38,40-41,43,47,50,61H,4-7,10,13,15-16,19,22,24-25,28,34-36,39,42,44-46,48-49,51-60H2,1-3H3/b11-8-,12-9-,17-14-,21-18-,23-20-,29-26-,30-27-,32-31-,37-33+,41-38-,43-40-,50-47-. The minimum absolute atomic E-state index is 0.127. The van der Waals surface area contributed by atoms with Crippen LogP contribution in [0.5, 0.6) is 0 Å². The van der Waals surface area contributed by atoms with E-state index in [0.29, 0.717) is 19.3 Å². The van der Waals surface area contributed by atoms with Gasteiger partial charge < -0.3 is 14.2 Å². The molecule has 0 spiro atoms. The molecule has 6 nitrogen and oxygen atoms in total. The summed E-state index contributed by atoms with van der Waals surface area (Å²) < 4.78 is 16.7. The number of hydrogen-bond donors (Lipinski definition) is 0. The SMILES string of the molecule is CC\C=C/C=C\C=C/C=C\C=C\C=C/CCCCCC(=O)OC(COC(=O)CC/C=C\C/C=C\C/C=C\C/C=C\C/C=C\CC)COC(=O)CCCCCCCCC/C=C\CCCCCCCCCC. The Morgan fingerprint density at radius 2 is 0.657 bits per heavy atom. The normalized spacial score (nSPS) is 13.2. The zero-order chi connectivity index (χ0) is 50.7. The molecule has 0 aliphatic rings. The molecule has 70 heavy (non-hydrogen) atoms. The molecule has 1 atom stereocenters. The highest BCUT2D eigenvalue weighted by molar-refractivity contribution is 5.71. The van der Waals surface area contributed by atoms with Crippen molar-refractivity contribution in [1.82, 2.24) is 0 Å². The molecule has 0 heterocycles. The molecular formula is C64H100O6. The maximum Gasteiger partial charge on any atom is 0.306 e. The summed E-state index contributed by atoms with van der Waals surface area (Å²) in [6.45, 7) is 6.26. The van der Waals surface area contributed by atoms with E-state index in [9.17, 15) is 14.4 Å². The van der Waals surface area contributed by atoms with E-state index in [1.165, 1.54) is 89.9 Å². The second-order valence-corrected chi connectivity index (χ2v) is 17.9. The van der Waals surface area contributed by atoms with Crippen molar-refractivity contribution in [3.8, 4) is 0 Å². The van der Waals surface area contributed by atoms with E-state index < -0.39 is 6.10 Å². The lowest BCUT2D eigenvalue weighted by Crippen LogP contribution is -2.30. The van der Waals surface area contributed by atoms with Gasteiger partial charge >= 0.3 is 17.9 Å². The molecule has 0 aliphatic carbocycles. The Balaban J connectivity index is 4.59. The third-order valence-corrected chi connectivity index (χ3v) is 11.2. The first-order valence-electron chi connectivity index (χ1n) is 27.9.